The lowest BCUT2D eigenvalue weighted by Crippen LogP contribution is -2.51. The first kappa shape index (κ1) is 23.6. The minimum absolute atomic E-state index is 0.00668. The van der Waals surface area contributed by atoms with Crippen molar-refractivity contribution in [3.05, 3.63) is 88.1 Å². The second kappa shape index (κ2) is 9.35. The molecule has 0 fully saturated rings. The highest BCUT2D eigenvalue weighted by atomic mass is 19.4. The summed E-state index contributed by atoms with van der Waals surface area (Å²) < 4.78 is 40.3. The Bertz CT molecular complexity index is 1190. The molecule has 1 heterocycles. The van der Waals surface area contributed by atoms with Gasteiger partial charge in [-0.05, 0) is 67.7 Å². The average Bonchev–Trinajstić information content (AvgIpc) is 2.84. The van der Waals surface area contributed by atoms with Crippen LogP contribution in [0.5, 0.6) is 0 Å². The number of carbonyl (C=O) groups is 1. The number of nitriles is 1. The number of allylic oxidation sites excluding steroid dienone is 2. The van der Waals surface area contributed by atoms with Crippen LogP contribution in [0.4, 0.5) is 23.7 Å². The summed E-state index contributed by atoms with van der Waals surface area (Å²) in [6.45, 7) is 1.61. The average molecular weight is 467 g/mol. The summed E-state index contributed by atoms with van der Waals surface area (Å²) >= 11 is 0. The molecule has 34 heavy (non-hydrogen) atoms. The Morgan fingerprint density at radius 3 is 2.53 bits per heavy atom. The smallest absolute Gasteiger partial charge is 0.395 e. The molecular weight excluding hydrogens is 443 g/mol. The van der Waals surface area contributed by atoms with E-state index in [2.05, 4.69) is 6.07 Å². The molecule has 5 nitrogen and oxygen atoms in total. The Kier molecular flexibility index (Phi) is 6.49. The molecule has 1 aliphatic carbocycles. The van der Waals surface area contributed by atoms with Gasteiger partial charge in [0.15, 0.2) is 0 Å². The molecule has 2 aromatic rings. The van der Waals surface area contributed by atoms with Crippen molar-refractivity contribution >= 4 is 11.7 Å². The van der Waals surface area contributed by atoms with Crippen LogP contribution in [0.25, 0.3) is 0 Å². The van der Waals surface area contributed by atoms with E-state index < -0.39 is 23.8 Å². The molecule has 2 aliphatic rings. The van der Waals surface area contributed by atoms with Crippen LogP contribution in [0.2, 0.25) is 0 Å². The fourth-order valence-corrected chi connectivity index (χ4v) is 4.78. The third kappa shape index (κ3) is 4.19. The zero-order valence-corrected chi connectivity index (χ0v) is 18.6. The first-order valence-electron chi connectivity index (χ1n) is 11.1. The number of halogens is 3. The molecule has 0 saturated heterocycles. The molecule has 0 spiro atoms. The number of carbonyl (C=O) groups excluding carboxylic acids is 1. The van der Waals surface area contributed by atoms with Gasteiger partial charge in [-0.25, -0.2) is 4.79 Å². The maximum Gasteiger partial charge on any atom is 0.416 e. The van der Waals surface area contributed by atoms with Gasteiger partial charge >= 0.3 is 12.2 Å². The van der Waals surface area contributed by atoms with Gasteiger partial charge < -0.3 is 10.0 Å². The zero-order chi connectivity index (χ0) is 24.5. The van der Waals surface area contributed by atoms with Gasteiger partial charge in [0, 0.05) is 17.8 Å². The molecule has 1 N–H and O–H groups in total. The van der Waals surface area contributed by atoms with Crippen LogP contribution in [0.15, 0.2) is 71.5 Å². The summed E-state index contributed by atoms with van der Waals surface area (Å²) in [5, 5.41) is 18.9. The van der Waals surface area contributed by atoms with Crippen LogP contribution in [-0.2, 0) is 6.18 Å². The van der Waals surface area contributed by atoms with Crippen molar-refractivity contribution in [2.45, 2.75) is 38.4 Å². The van der Waals surface area contributed by atoms with Crippen LogP contribution >= 0.6 is 0 Å². The van der Waals surface area contributed by atoms with Gasteiger partial charge in [-0.2, -0.15) is 18.4 Å². The number of amides is 2. The predicted molar refractivity (Wildman–Crippen MR) is 122 cm³/mol. The van der Waals surface area contributed by atoms with E-state index in [0.29, 0.717) is 17.7 Å². The summed E-state index contributed by atoms with van der Waals surface area (Å²) in [7, 11) is 0. The topological polar surface area (TPSA) is 67.6 Å². The van der Waals surface area contributed by atoms with Gasteiger partial charge in [0.2, 0.25) is 0 Å². The van der Waals surface area contributed by atoms with Crippen molar-refractivity contribution in [3.63, 3.8) is 0 Å². The highest BCUT2D eigenvalue weighted by Crippen LogP contribution is 2.47. The Balaban J connectivity index is 1.95. The van der Waals surface area contributed by atoms with Crippen LogP contribution < -0.4 is 4.90 Å². The summed E-state index contributed by atoms with van der Waals surface area (Å²) in [6.07, 6.45) is -0.485. The minimum atomic E-state index is -4.54. The van der Waals surface area contributed by atoms with E-state index in [0.717, 1.165) is 41.7 Å². The van der Waals surface area contributed by atoms with Gasteiger partial charge in [-0.1, -0.05) is 24.3 Å². The molecule has 0 saturated carbocycles. The second-order valence-electron chi connectivity index (χ2n) is 8.25. The summed E-state index contributed by atoms with van der Waals surface area (Å²) in [6, 6.07) is 12.8. The number of aliphatic hydroxyl groups excluding tert-OH is 1. The van der Waals surface area contributed by atoms with Gasteiger partial charge in [-0.3, -0.25) is 4.90 Å². The number of hydrogen-bond acceptors (Lipinski definition) is 3. The van der Waals surface area contributed by atoms with E-state index in [1.54, 1.807) is 24.3 Å². The molecule has 2 amide bonds. The third-order valence-electron chi connectivity index (χ3n) is 6.29. The normalized spacial score (nSPS) is 19.9. The van der Waals surface area contributed by atoms with Crippen molar-refractivity contribution in [2.24, 2.45) is 0 Å². The lowest BCUT2D eigenvalue weighted by molar-refractivity contribution is -0.137. The Morgan fingerprint density at radius 2 is 1.91 bits per heavy atom. The van der Waals surface area contributed by atoms with E-state index in [1.165, 1.54) is 21.9 Å². The molecule has 0 aromatic heterocycles. The monoisotopic (exact) mass is 467 g/mol. The van der Waals surface area contributed by atoms with Gasteiger partial charge in [0.25, 0.3) is 0 Å². The van der Waals surface area contributed by atoms with Crippen LogP contribution in [-0.4, -0.2) is 29.2 Å². The molecule has 1 unspecified atom stereocenters. The van der Waals surface area contributed by atoms with Crippen molar-refractivity contribution in [3.8, 4) is 6.07 Å². The highest BCUT2D eigenvalue weighted by Gasteiger charge is 2.43. The maximum atomic E-state index is 13.8. The number of urea groups is 1. The van der Waals surface area contributed by atoms with Crippen LogP contribution in [0.1, 0.15) is 48.9 Å². The van der Waals surface area contributed by atoms with E-state index in [9.17, 15) is 28.3 Å². The van der Waals surface area contributed by atoms with E-state index in [1.807, 2.05) is 13.0 Å². The van der Waals surface area contributed by atoms with Gasteiger partial charge in [0.05, 0.1) is 35.5 Å². The van der Waals surface area contributed by atoms with Gasteiger partial charge in [-0.15, -0.1) is 0 Å². The van der Waals surface area contributed by atoms with Crippen LogP contribution in [0, 0.1) is 11.3 Å². The number of β-amino-alcohol motifs (C(OH)–C–C–N with tert-alkyl or cyclic N) is 1. The van der Waals surface area contributed by atoms with E-state index in [-0.39, 0.29) is 18.8 Å². The van der Waals surface area contributed by atoms with Gasteiger partial charge in [0.1, 0.15) is 0 Å². The Morgan fingerprint density at radius 1 is 1.18 bits per heavy atom. The standard InChI is InChI=1S/C26H24F3N3O2/c1-2-18-5-3-8-22-23(18)24(19-11-9-17(16-30)10-12-19)31(13-14-33)25(34)32(22)21-7-4-6-20(15-21)26(27,28)29/h2,4,6-7,9-12,15,24,33H,3,5,8,13-14H2,1H3. The lowest BCUT2D eigenvalue weighted by Gasteiger charge is -2.46. The van der Waals surface area contributed by atoms with E-state index in [4.69, 9.17) is 0 Å². The molecule has 0 radical (unpaired) electrons. The molecule has 1 atom stereocenters. The molecule has 4 rings (SSSR count). The first-order chi connectivity index (χ1) is 16.3. The molecular formula is C26H24F3N3O2. The predicted octanol–water partition coefficient (Wildman–Crippen LogP) is 5.94. The summed E-state index contributed by atoms with van der Waals surface area (Å²) in [5.41, 5.74) is 3.13. The fraction of sp³-hybridized carbons (Fsp3) is 0.308. The first-order valence-corrected chi connectivity index (χ1v) is 11.1. The van der Waals surface area contributed by atoms with Crippen molar-refractivity contribution in [1.82, 2.24) is 4.90 Å². The quantitative estimate of drug-likeness (QED) is 0.605. The largest absolute Gasteiger partial charge is 0.416 e. The zero-order valence-electron chi connectivity index (χ0n) is 18.6. The molecule has 176 valence electrons. The number of hydrogen-bond donors (Lipinski definition) is 1. The number of benzene rings is 2. The van der Waals surface area contributed by atoms with E-state index >= 15 is 0 Å². The molecule has 0 bridgehead atoms. The third-order valence-corrected chi connectivity index (χ3v) is 6.29. The highest BCUT2D eigenvalue weighted by molar-refractivity contribution is 5.98. The van der Waals surface area contributed by atoms with Crippen molar-refractivity contribution in [1.29, 1.82) is 5.26 Å². The Labute approximate surface area is 196 Å². The van der Waals surface area contributed by atoms with Crippen LogP contribution in [0.3, 0.4) is 0 Å². The number of rotatable bonds is 4. The minimum Gasteiger partial charge on any atom is -0.395 e. The number of aliphatic hydroxyl groups is 1. The number of anilines is 1. The SMILES string of the molecule is CC=C1CCCC2=C1C(c1ccc(C#N)cc1)N(CCO)C(=O)N2c1cccc(C(F)(F)F)c1. The number of nitrogens with zero attached hydrogens (tertiary/aromatic N) is 3. The Hall–Kier alpha value is -3.57. The number of alkyl halides is 3. The molecule has 1 aliphatic heterocycles. The molecule has 2 aromatic carbocycles. The summed E-state index contributed by atoms with van der Waals surface area (Å²) in [4.78, 5) is 16.6. The maximum absolute atomic E-state index is 13.8. The lowest BCUT2D eigenvalue weighted by atomic mass is 9.80. The fourth-order valence-electron chi connectivity index (χ4n) is 4.78. The van der Waals surface area contributed by atoms with Crippen molar-refractivity contribution < 1.29 is 23.1 Å². The van der Waals surface area contributed by atoms with Crippen molar-refractivity contribution in [2.75, 3.05) is 18.1 Å². The second-order valence-corrected chi connectivity index (χ2v) is 8.25. The molecule has 8 heteroatoms. The summed E-state index contributed by atoms with van der Waals surface area (Å²) in [5.74, 6) is 0.